The molecule has 0 aliphatic carbocycles. The van der Waals surface area contributed by atoms with Gasteiger partial charge in [-0.25, -0.2) is 0 Å². The van der Waals surface area contributed by atoms with Gasteiger partial charge in [-0.05, 0) is 43.7 Å². The van der Waals surface area contributed by atoms with Gasteiger partial charge in [0.05, 0.1) is 6.04 Å². The van der Waals surface area contributed by atoms with E-state index in [0.29, 0.717) is 0 Å². The molecule has 94 valence electrons. The summed E-state index contributed by atoms with van der Waals surface area (Å²) in [5, 5.41) is 3.47. The highest BCUT2D eigenvalue weighted by Crippen LogP contribution is 2.21. The van der Waals surface area contributed by atoms with Crippen LogP contribution in [0.3, 0.4) is 0 Å². The minimum atomic E-state index is 0.163. The third-order valence-electron chi connectivity index (χ3n) is 2.94. The van der Waals surface area contributed by atoms with E-state index in [1.807, 2.05) is 38.4 Å². The summed E-state index contributed by atoms with van der Waals surface area (Å²) >= 11 is 0. The van der Waals surface area contributed by atoms with Crippen LogP contribution in [0.2, 0.25) is 0 Å². The standard InChI is InChI=1S/C15H19N3/c1-4-16-15(13-7-5-11(2)17-9-13)14-8-6-12(3)18-10-14/h5-10,15-16H,4H2,1-3H3. The Morgan fingerprint density at radius 2 is 1.44 bits per heavy atom. The van der Waals surface area contributed by atoms with Crippen molar-refractivity contribution in [2.75, 3.05) is 6.54 Å². The molecule has 0 saturated carbocycles. The quantitative estimate of drug-likeness (QED) is 0.894. The molecule has 2 aromatic rings. The first-order valence-electron chi connectivity index (χ1n) is 6.29. The number of aromatic nitrogens is 2. The monoisotopic (exact) mass is 241 g/mol. The van der Waals surface area contributed by atoms with E-state index in [1.54, 1.807) is 0 Å². The van der Waals surface area contributed by atoms with Crippen LogP contribution < -0.4 is 5.32 Å². The molecule has 0 saturated heterocycles. The van der Waals surface area contributed by atoms with Crippen LogP contribution in [0, 0.1) is 13.8 Å². The number of pyridine rings is 2. The first-order valence-corrected chi connectivity index (χ1v) is 6.29. The van der Waals surface area contributed by atoms with Crippen molar-refractivity contribution >= 4 is 0 Å². The van der Waals surface area contributed by atoms with Crippen molar-refractivity contribution in [1.82, 2.24) is 15.3 Å². The van der Waals surface area contributed by atoms with Gasteiger partial charge in [0.15, 0.2) is 0 Å². The maximum absolute atomic E-state index is 4.36. The summed E-state index contributed by atoms with van der Waals surface area (Å²) in [6, 6.07) is 8.49. The molecule has 0 radical (unpaired) electrons. The molecule has 2 aromatic heterocycles. The van der Waals surface area contributed by atoms with E-state index in [-0.39, 0.29) is 6.04 Å². The second-order valence-electron chi connectivity index (χ2n) is 4.46. The molecule has 2 rings (SSSR count). The molecule has 0 unspecified atom stereocenters. The lowest BCUT2D eigenvalue weighted by molar-refractivity contribution is 0.626. The minimum absolute atomic E-state index is 0.163. The van der Waals surface area contributed by atoms with Crippen LogP contribution in [0.1, 0.15) is 35.5 Å². The average Bonchev–Trinajstić information content (AvgIpc) is 2.39. The second-order valence-corrected chi connectivity index (χ2v) is 4.46. The lowest BCUT2D eigenvalue weighted by Crippen LogP contribution is -2.22. The molecule has 3 heteroatoms. The molecule has 0 bridgehead atoms. The van der Waals surface area contributed by atoms with E-state index in [0.717, 1.165) is 17.9 Å². The SMILES string of the molecule is CCNC(c1ccc(C)nc1)c1ccc(C)nc1. The van der Waals surface area contributed by atoms with Gasteiger partial charge in [-0.15, -0.1) is 0 Å². The van der Waals surface area contributed by atoms with Crippen LogP contribution in [0.5, 0.6) is 0 Å². The number of nitrogens with one attached hydrogen (secondary N) is 1. The van der Waals surface area contributed by atoms with E-state index in [9.17, 15) is 0 Å². The van der Waals surface area contributed by atoms with Crippen LogP contribution in [-0.4, -0.2) is 16.5 Å². The summed E-state index contributed by atoms with van der Waals surface area (Å²) in [5.41, 5.74) is 4.42. The Kier molecular flexibility index (Phi) is 4.05. The Labute approximate surface area is 108 Å². The fraction of sp³-hybridized carbons (Fsp3) is 0.333. The predicted octanol–water partition coefficient (Wildman–Crippen LogP) is 2.79. The predicted molar refractivity (Wildman–Crippen MR) is 73.5 cm³/mol. The topological polar surface area (TPSA) is 37.8 Å². The minimum Gasteiger partial charge on any atom is -0.306 e. The van der Waals surface area contributed by atoms with Crippen molar-refractivity contribution in [2.45, 2.75) is 26.8 Å². The van der Waals surface area contributed by atoms with Gasteiger partial charge in [-0.2, -0.15) is 0 Å². The number of aryl methyl sites for hydroxylation is 2. The largest absolute Gasteiger partial charge is 0.306 e. The number of hydrogen-bond donors (Lipinski definition) is 1. The van der Waals surface area contributed by atoms with E-state index < -0.39 is 0 Å². The Bertz CT molecular complexity index is 443. The lowest BCUT2D eigenvalue weighted by atomic mass is 10.0. The molecule has 0 aliphatic rings. The number of nitrogens with zero attached hydrogens (tertiary/aromatic N) is 2. The van der Waals surface area contributed by atoms with Crippen LogP contribution in [0.4, 0.5) is 0 Å². The molecule has 0 fully saturated rings. The van der Waals surface area contributed by atoms with Gasteiger partial charge in [-0.3, -0.25) is 9.97 Å². The van der Waals surface area contributed by atoms with Crippen molar-refractivity contribution in [1.29, 1.82) is 0 Å². The highest BCUT2D eigenvalue weighted by molar-refractivity contribution is 5.29. The van der Waals surface area contributed by atoms with Gasteiger partial charge >= 0.3 is 0 Å². The molecular weight excluding hydrogens is 222 g/mol. The van der Waals surface area contributed by atoms with Crippen molar-refractivity contribution in [3.05, 3.63) is 59.2 Å². The lowest BCUT2D eigenvalue weighted by Gasteiger charge is -2.18. The number of hydrogen-bond acceptors (Lipinski definition) is 3. The van der Waals surface area contributed by atoms with Gasteiger partial charge in [0, 0.05) is 23.8 Å². The van der Waals surface area contributed by atoms with Gasteiger partial charge in [0.25, 0.3) is 0 Å². The van der Waals surface area contributed by atoms with Crippen molar-refractivity contribution in [3.63, 3.8) is 0 Å². The zero-order chi connectivity index (χ0) is 13.0. The zero-order valence-corrected chi connectivity index (χ0v) is 11.1. The third-order valence-corrected chi connectivity index (χ3v) is 2.94. The molecule has 0 aromatic carbocycles. The summed E-state index contributed by atoms with van der Waals surface area (Å²) in [5.74, 6) is 0. The van der Waals surface area contributed by atoms with Crippen molar-refractivity contribution in [3.8, 4) is 0 Å². The molecule has 1 N–H and O–H groups in total. The fourth-order valence-corrected chi connectivity index (χ4v) is 1.93. The Hall–Kier alpha value is -1.74. The Balaban J connectivity index is 2.33. The summed E-state index contributed by atoms with van der Waals surface area (Å²) in [4.78, 5) is 8.73. The van der Waals surface area contributed by atoms with E-state index in [4.69, 9.17) is 0 Å². The van der Waals surface area contributed by atoms with Gasteiger partial charge in [0.2, 0.25) is 0 Å². The number of rotatable bonds is 4. The highest BCUT2D eigenvalue weighted by Gasteiger charge is 2.13. The van der Waals surface area contributed by atoms with E-state index in [1.165, 1.54) is 11.1 Å². The molecule has 0 spiro atoms. The Morgan fingerprint density at radius 3 is 1.78 bits per heavy atom. The maximum Gasteiger partial charge on any atom is 0.0607 e. The van der Waals surface area contributed by atoms with E-state index in [2.05, 4.69) is 34.3 Å². The summed E-state index contributed by atoms with van der Waals surface area (Å²) in [6.07, 6.45) is 3.87. The van der Waals surface area contributed by atoms with Crippen LogP contribution in [0.25, 0.3) is 0 Å². The third kappa shape index (κ3) is 2.93. The summed E-state index contributed by atoms with van der Waals surface area (Å²) < 4.78 is 0. The van der Waals surface area contributed by atoms with Crippen LogP contribution in [0.15, 0.2) is 36.7 Å². The highest BCUT2D eigenvalue weighted by atomic mass is 14.9. The molecule has 0 amide bonds. The fourth-order valence-electron chi connectivity index (χ4n) is 1.93. The first-order chi connectivity index (χ1) is 8.70. The van der Waals surface area contributed by atoms with Gasteiger partial charge < -0.3 is 5.32 Å². The molecule has 2 heterocycles. The molecular formula is C15H19N3. The maximum atomic E-state index is 4.36. The smallest absolute Gasteiger partial charge is 0.0607 e. The average molecular weight is 241 g/mol. The van der Waals surface area contributed by atoms with Crippen molar-refractivity contribution < 1.29 is 0 Å². The van der Waals surface area contributed by atoms with E-state index >= 15 is 0 Å². The molecule has 18 heavy (non-hydrogen) atoms. The van der Waals surface area contributed by atoms with Gasteiger partial charge in [-0.1, -0.05) is 19.1 Å². The summed E-state index contributed by atoms with van der Waals surface area (Å²) in [7, 11) is 0. The Morgan fingerprint density at radius 1 is 0.944 bits per heavy atom. The zero-order valence-electron chi connectivity index (χ0n) is 11.1. The van der Waals surface area contributed by atoms with Crippen LogP contribution >= 0.6 is 0 Å². The molecule has 0 aliphatic heterocycles. The normalized spacial score (nSPS) is 10.9. The molecule has 0 atom stereocenters. The first kappa shape index (κ1) is 12.7. The second kappa shape index (κ2) is 5.74. The summed E-state index contributed by atoms with van der Waals surface area (Å²) in [6.45, 7) is 7.02. The van der Waals surface area contributed by atoms with Crippen molar-refractivity contribution in [2.24, 2.45) is 0 Å². The van der Waals surface area contributed by atoms with Crippen LogP contribution in [-0.2, 0) is 0 Å². The van der Waals surface area contributed by atoms with Gasteiger partial charge in [0.1, 0.15) is 0 Å². The molecule has 3 nitrogen and oxygen atoms in total.